The molecule has 0 bridgehead atoms. The Morgan fingerprint density at radius 3 is 2.71 bits per heavy atom. The smallest absolute Gasteiger partial charge is 0.219 e. The number of nitrogens with two attached hydrogens (primary N) is 1. The van der Waals surface area contributed by atoms with Crippen LogP contribution in [0.2, 0.25) is 0 Å². The monoisotopic (exact) mass is 202 g/mol. The molecule has 0 spiro atoms. The van der Waals surface area contributed by atoms with E-state index in [9.17, 15) is 4.79 Å². The summed E-state index contributed by atoms with van der Waals surface area (Å²) in [4.78, 5) is 11.2. The van der Waals surface area contributed by atoms with Gasteiger partial charge in [-0.15, -0.1) is 0 Å². The molecule has 84 valence electrons. The van der Waals surface area contributed by atoms with Gasteiger partial charge in [0.15, 0.2) is 0 Å². The minimum Gasteiger partial charge on any atom is -0.385 e. The van der Waals surface area contributed by atoms with Crippen molar-refractivity contribution in [1.82, 2.24) is 5.32 Å². The molecule has 0 fully saturated rings. The molecule has 1 amide bonds. The predicted octanol–water partition coefficient (Wildman–Crippen LogP) is 0.658. The molecule has 0 radical (unpaired) electrons. The summed E-state index contributed by atoms with van der Waals surface area (Å²) in [7, 11) is 1.69. The maximum absolute atomic E-state index is 11.2. The fourth-order valence-electron chi connectivity index (χ4n) is 1.12. The number of carbonyl (C=O) groups excluding carboxylic acids is 1. The summed E-state index contributed by atoms with van der Waals surface area (Å²) in [6, 6.07) is 0. The Bertz CT molecular complexity index is 140. The van der Waals surface area contributed by atoms with Gasteiger partial charge < -0.3 is 15.8 Å². The molecule has 0 saturated carbocycles. The largest absolute Gasteiger partial charge is 0.385 e. The topological polar surface area (TPSA) is 64.3 Å². The molecule has 4 nitrogen and oxygen atoms in total. The molecule has 0 unspecified atom stereocenters. The zero-order chi connectivity index (χ0) is 10.6. The molecule has 0 atom stereocenters. The van der Waals surface area contributed by atoms with Gasteiger partial charge in [0.05, 0.1) is 0 Å². The Hall–Kier alpha value is -0.610. The van der Waals surface area contributed by atoms with Crippen molar-refractivity contribution in [3.8, 4) is 0 Å². The van der Waals surface area contributed by atoms with Gasteiger partial charge in [-0.2, -0.15) is 0 Å². The van der Waals surface area contributed by atoms with Crippen molar-refractivity contribution >= 4 is 5.91 Å². The Balaban J connectivity index is 3.10. The summed E-state index contributed by atoms with van der Waals surface area (Å²) in [6.45, 7) is 2.19. The van der Waals surface area contributed by atoms with Gasteiger partial charge in [-0.05, 0) is 32.2 Å². The zero-order valence-corrected chi connectivity index (χ0v) is 9.05. The third kappa shape index (κ3) is 9.48. The van der Waals surface area contributed by atoms with Crippen LogP contribution in [0.1, 0.15) is 32.1 Å². The lowest BCUT2D eigenvalue weighted by Crippen LogP contribution is -2.24. The van der Waals surface area contributed by atoms with E-state index in [1.165, 1.54) is 0 Å². The molecule has 0 aliphatic heterocycles. The summed E-state index contributed by atoms with van der Waals surface area (Å²) in [5, 5.41) is 2.87. The quantitative estimate of drug-likeness (QED) is 0.540. The van der Waals surface area contributed by atoms with E-state index in [1.807, 2.05) is 0 Å². The van der Waals surface area contributed by atoms with E-state index in [0.29, 0.717) is 13.0 Å². The number of hydrogen-bond acceptors (Lipinski definition) is 3. The standard InChI is InChI=1S/C10H22N2O2/c1-14-9-5-4-8-12-10(13)6-2-3-7-11/h2-9,11H2,1H3,(H,12,13). The lowest BCUT2D eigenvalue weighted by molar-refractivity contribution is -0.121. The van der Waals surface area contributed by atoms with Crippen LogP contribution in [-0.4, -0.2) is 32.7 Å². The Morgan fingerprint density at radius 1 is 1.29 bits per heavy atom. The molecule has 0 aliphatic rings. The molecule has 0 aliphatic carbocycles. The van der Waals surface area contributed by atoms with E-state index in [2.05, 4.69) is 5.32 Å². The van der Waals surface area contributed by atoms with E-state index in [1.54, 1.807) is 7.11 Å². The SMILES string of the molecule is COCCCCNC(=O)CCCCN. The van der Waals surface area contributed by atoms with E-state index in [-0.39, 0.29) is 5.91 Å². The first-order valence-corrected chi connectivity index (χ1v) is 5.27. The number of hydrogen-bond donors (Lipinski definition) is 2. The molecule has 0 aromatic carbocycles. The molecule has 14 heavy (non-hydrogen) atoms. The summed E-state index contributed by atoms with van der Waals surface area (Å²) in [6.07, 6.45) is 4.40. The van der Waals surface area contributed by atoms with Crippen LogP contribution in [0.25, 0.3) is 0 Å². The fourth-order valence-corrected chi connectivity index (χ4v) is 1.12. The van der Waals surface area contributed by atoms with Crippen LogP contribution < -0.4 is 11.1 Å². The summed E-state index contributed by atoms with van der Waals surface area (Å²) in [5.41, 5.74) is 5.32. The minimum absolute atomic E-state index is 0.135. The molecule has 0 heterocycles. The van der Waals surface area contributed by atoms with Crippen LogP contribution in [0.4, 0.5) is 0 Å². The second-order valence-electron chi connectivity index (χ2n) is 3.30. The second-order valence-corrected chi connectivity index (χ2v) is 3.30. The highest BCUT2D eigenvalue weighted by atomic mass is 16.5. The van der Waals surface area contributed by atoms with Gasteiger partial charge in [0.2, 0.25) is 5.91 Å². The lowest BCUT2D eigenvalue weighted by Gasteiger charge is -2.04. The summed E-state index contributed by atoms with van der Waals surface area (Å²) in [5.74, 6) is 0.135. The second kappa shape index (κ2) is 10.5. The number of nitrogens with one attached hydrogen (secondary N) is 1. The van der Waals surface area contributed by atoms with Crippen molar-refractivity contribution in [1.29, 1.82) is 0 Å². The Morgan fingerprint density at radius 2 is 2.07 bits per heavy atom. The van der Waals surface area contributed by atoms with Gasteiger partial charge in [0.25, 0.3) is 0 Å². The Labute approximate surface area is 86.2 Å². The molecular weight excluding hydrogens is 180 g/mol. The zero-order valence-electron chi connectivity index (χ0n) is 9.05. The number of rotatable bonds is 9. The predicted molar refractivity (Wildman–Crippen MR) is 57.0 cm³/mol. The fraction of sp³-hybridized carbons (Fsp3) is 0.900. The minimum atomic E-state index is 0.135. The first kappa shape index (κ1) is 13.4. The van der Waals surface area contributed by atoms with Gasteiger partial charge in [-0.25, -0.2) is 0 Å². The van der Waals surface area contributed by atoms with Gasteiger partial charge in [0, 0.05) is 26.7 Å². The van der Waals surface area contributed by atoms with E-state index in [4.69, 9.17) is 10.5 Å². The molecular formula is C10H22N2O2. The molecule has 0 aromatic heterocycles. The molecule has 3 N–H and O–H groups in total. The number of ether oxygens (including phenoxy) is 1. The van der Waals surface area contributed by atoms with Crippen LogP contribution in [0.5, 0.6) is 0 Å². The highest BCUT2D eigenvalue weighted by Gasteiger charge is 1.98. The third-order valence-corrected chi connectivity index (χ3v) is 1.96. The third-order valence-electron chi connectivity index (χ3n) is 1.96. The van der Waals surface area contributed by atoms with Crippen LogP contribution in [0.3, 0.4) is 0 Å². The van der Waals surface area contributed by atoms with Crippen molar-refractivity contribution < 1.29 is 9.53 Å². The van der Waals surface area contributed by atoms with Crippen LogP contribution in [-0.2, 0) is 9.53 Å². The van der Waals surface area contributed by atoms with Crippen molar-refractivity contribution in [2.45, 2.75) is 32.1 Å². The average molecular weight is 202 g/mol. The van der Waals surface area contributed by atoms with Crippen molar-refractivity contribution in [3.05, 3.63) is 0 Å². The van der Waals surface area contributed by atoms with E-state index >= 15 is 0 Å². The van der Waals surface area contributed by atoms with E-state index < -0.39 is 0 Å². The van der Waals surface area contributed by atoms with Gasteiger partial charge in [-0.3, -0.25) is 4.79 Å². The molecule has 0 aromatic rings. The number of unbranched alkanes of at least 4 members (excludes halogenated alkanes) is 2. The van der Waals surface area contributed by atoms with Crippen LogP contribution in [0, 0.1) is 0 Å². The van der Waals surface area contributed by atoms with Crippen molar-refractivity contribution in [3.63, 3.8) is 0 Å². The molecule has 0 saturated heterocycles. The highest BCUT2D eigenvalue weighted by Crippen LogP contribution is 1.93. The van der Waals surface area contributed by atoms with Gasteiger partial charge in [-0.1, -0.05) is 0 Å². The average Bonchev–Trinajstić information content (AvgIpc) is 2.18. The molecule has 4 heteroatoms. The van der Waals surface area contributed by atoms with Gasteiger partial charge >= 0.3 is 0 Å². The number of amides is 1. The van der Waals surface area contributed by atoms with Crippen LogP contribution in [0.15, 0.2) is 0 Å². The summed E-state index contributed by atoms with van der Waals surface area (Å²) >= 11 is 0. The number of carbonyl (C=O) groups is 1. The highest BCUT2D eigenvalue weighted by molar-refractivity contribution is 5.75. The van der Waals surface area contributed by atoms with Crippen molar-refractivity contribution in [2.75, 3.05) is 26.8 Å². The summed E-state index contributed by atoms with van der Waals surface area (Å²) < 4.78 is 4.90. The van der Waals surface area contributed by atoms with E-state index in [0.717, 1.165) is 38.8 Å². The van der Waals surface area contributed by atoms with Gasteiger partial charge in [0.1, 0.15) is 0 Å². The Kier molecular flexibility index (Phi) is 10.0. The van der Waals surface area contributed by atoms with Crippen LogP contribution >= 0.6 is 0 Å². The lowest BCUT2D eigenvalue weighted by atomic mass is 10.2. The maximum Gasteiger partial charge on any atom is 0.219 e. The first-order chi connectivity index (χ1) is 6.81. The number of methoxy groups -OCH3 is 1. The first-order valence-electron chi connectivity index (χ1n) is 5.27. The van der Waals surface area contributed by atoms with Crippen molar-refractivity contribution in [2.24, 2.45) is 5.73 Å². The maximum atomic E-state index is 11.2. The normalized spacial score (nSPS) is 10.1. The molecule has 0 rings (SSSR count).